The quantitative estimate of drug-likeness (QED) is 0.783. The largest absolute Gasteiger partial charge is 0.288 e. The van der Waals surface area contributed by atoms with Crippen LogP contribution in [0.3, 0.4) is 0 Å². The monoisotopic (exact) mass is 255 g/mol. The molecule has 0 atom stereocenters. The topological polar surface area (TPSA) is 40.9 Å². The van der Waals surface area contributed by atoms with Gasteiger partial charge in [-0.3, -0.25) is 4.79 Å². The van der Waals surface area contributed by atoms with Crippen LogP contribution in [0.5, 0.6) is 0 Å². The normalized spacial score (nSPS) is 10.9. The van der Waals surface area contributed by atoms with E-state index in [-0.39, 0.29) is 5.78 Å². The molecule has 1 heterocycles. The van der Waals surface area contributed by atoms with Crippen molar-refractivity contribution in [2.24, 2.45) is 0 Å². The number of nitriles is 1. The number of ketones is 1. The second-order valence-corrected chi connectivity index (χ2v) is 5.57. The Labute approximate surface area is 111 Å². The lowest BCUT2D eigenvalue weighted by molar-refractivity contribution is 0.104. The van der Waals surface area contributed by atoms with Gasteiger partial charge in [0.05, 0.1) is 16.4 Å². The number of carbonyl (C=O) groups excluding carboxylic acids is 1. The molecule has 3 heteroatoms. The number of carbonyl (C=O) groups is 1. The van der Waals surface area contributed by atoms with Gasteiger partial charge in [-0.15, -0.1) is 11.3 Å². The van der Waals surface area contributed by atoms with Crippen molar-refractivity contribution in [2.45, 2.75) is 19.3 Å². The molecule has 2 aromatic rings. The van der Waals surface area contributed by atoms with E-state index in [0.717, 1.165) is 10.4 Å². The van der Waals surface area contributed by atoms with Gasteiger partial charge in [0.25, 0.3) is 0 Å². The Bertz CT molecular complexity index is 588. The van der Waals surface area contributed by atoms with Gasteiger partial charge in [-0.1, -0.05) is 30.3 Å². The van der Waals surface area contributed by atoms with Crippen LogP contribution < -0.4 is 0 Å². The molecular weight excluding hydrogens is 242 g/mol. The molecule has 90 valence electrons. The zero-order chi connectivity index (χ0) is 13.2. The lowest BCUT2D eigenvalue weighted by atomic mass is 9.86. The van der Waals surface area contributed by atoms with E-state index in [0.29, 0.717) is 5.56 Å². The summed E-state index contributed by atoms with van der Waals surface area (Å²) in [5.74, 6) is 0.0336. The standard InChI is InChI=1S/C15H13NOS/c1-15(2,10-16)12-7-5-11(6-8-12)14(17)13-4-3-9-18-13/h3-9H,1-2H3. The first-order valence-corrected chi connectivity index (χ1v) is 6.52. The van der Waals surface area contributed by atoms with E-state index in [2.05, 4.69) is 6.07 Å². The van der Waals surface area contributed by atoms with E-state index in [1.54, 1.807) is 12.1 Å². The first-order valence-electron chi connectivity index (χ1n) is 5.64. The average Bonchev–Trinajstić information content (AvgIpc) is 2.92. The van der Waals surface area contributed by atoms with Gasteiger partial charge in [-0.25, -0.2) is 0 Å². The van der Waals surface area contributed by atoms with E-state index in [4.69, 9.17) is 5.26 Å². The molecule has 0 radical (unpaired) electrons. The van der Waals surface area contributed by atoms with Crippen molar-refractivity contribution in [2.75, 3.05) is 0 Å². The molecule has 0 aliphatic rings. The lowest BCUT2D eigenvalue weighted by Gasteiger charge is -2.15. The summed E-state index contributed by atoms with van der Waals surface area (Å²) >= 11 is 1.44. The SMILES string of the molecule is CC(C)(C#N)c1ccc(C(=O)c2cccs2)cc1. The van der Waals surface area contributed by atoms with Gasteiger partial charge in [0.1, 0.15) is 0 Å². The van der Waals surface area contributed by atoms with Crippen molar-refractivity contribution in [3.05, 3.63) is 57.8 Å². The molecule has 18 heavy (non-hydrogen) atoms. The van der Waals surface area contributed by atoms with Crippen LogP contribution in [0.2, 0.25) is 0 Å². The molecule has 0 aliphatic carbocycles. The van der Waals surface area contributed by atoms with Crippen LogP contribution in [0.15, 0.2) is 41.8 Å². The highest BCUT2D eigenvalue weighted by Crippen LogP contribution is 2.23. The Kier molecular flexibility index (Phi) is 3.31. The third kappa shape index (κ3) is 2.34. The van der Waals surface area contributed by atoms with Crippen molar-refractivity contribution in [3.63, 3.8) is 0 Å². The van der Waals surface area contributed by atoms with Crippen LogP contribution in [0.4, 0.5) is 0 Å². The molecule has 0 amide bonds. The molecule has 0 spiro atoms. The Balaban J connectivity index is 2.29. The van der Waals surface area contributed by atoms with Crippen LogP contribution in [-0.4, -0.2) is 5.78 Å². The maximum Gasteiger partial charge on any atom is 0.202 e. The van der Waals surface area contributed by atoms with E-state index in [1.807, 2.05) is 43.5 Å². The molecule has 2 nitrogen and oxygen atoms in total. The number of hydrogen-bond acceptors (Lipinski definition) is 3. The predicted octanol–water partition coefficient (Wildman–Crippen LogP) is 3.78. The number of hydrogen-bond donors (Lipinski definition) is 0. The summed E-state index contributed by atoms with van der Waals surface area (Å²) in [5, 5.41) is 11.0. The highest BCUT2D eigenvalue weighted by molar-refractivity contribution is 7.12. The summed E-state index contributed by atoms with van der Waals surface area (Å²) < 4.78 is 0. The van der Waals surface area contributed by atoms with Gasteiger partial charge >= 0.3 is 0 Å². The van der Waals surface area contributed by atoms with Crippen LogP contribution in [0.1, 0.15) is 34.6 Å². The number of thiophene rings is 1. The average molecular weight is 255 g/mol. The molecule has 2 rings (SSSR count). The molecule has 0 fully saturated rings. The smallest absolute Gasteiger partial charge is 0.202 e. The lowest BCUT2D eigenvalue weighted by Crippen LogP contribution is -2.13. The van der Waals surface area contributed by atoms with Crippen LogP contribution in [0.25, 0.3) is 0 Å². The summed E-state index contributed by atoms with van der Waals surface area (Å²) in [7, 11) is 0. The van der Waals surface area contributed by atoms with Gasteiger partial charge in [0.15, 0.2) is 0 Å². The summed E-state index contributed by atoms with van der Waals surface area (Å²) in [4.78, 5) is 12.8. The van der Waals surface area contributed by atoms with E-state index < -0.39 is 5.41 Å². The summed E-state index contributed by atoms with van der Waals surface area (Å²) in [5.41, 5.74) is 1.06. The molecule has 1 aromatic carbocycles. The molecule has 0 aliphatic heterocycles. The summed E-state index contributed by atoms with van der Waals surface area (Å²) in [6.45, 7) is 3.73. The number of rotatable bonds is 3. The second-order valence-electron chi connectivity index (χ2n) is 4.62. The number of benzene rings is 1. The fourth-order valence-electron chi connectivity index (χ4n) is 1.65. The first-order chi connectivity index (χ1) is 8.54. The third-order valence-corrected chi connectivity index (χ3v) is 3.76. The van der Waals surface area contributed by atoms with Crippen LogP contribution in [-0.2, 0) is 5.41 Å². The van der Waals surface area contributed by atoms with Gasteiger partial charge < -0.3 is 0 Å². The Hall–Kier alpha value is -1.92. The number of nitrogens with zero attached hydrogens (tertiary/aromatic N) is 1. The van der Waals surface area contributed by atoms with E-state index in [1.165, 1.54) is 11.3 Å². The molecule has 0 unspecified atom stereocenters. The van der Waals surface area contributed by atoms with Gasteiger partial charge in [-0.05, 0) is 30.9 Å². The molecular formula is C15H13NOS. The fraction of sp³-hybridized carbons (Fsp3) is 0.200. The van der Waals surface area contributed by atoms with E-state index >= 15 is 0 Å². The van der Waals surface area contributed by atoms with Crippen molar-refractivity contribution in [1.82, 2.24) is 0 Å². The Morgan fingerprint density at radius 1 is 1.22 bits per heavy atom. The first kappa shape index (κ1) is 12.5. The van der Waals surface area contributed by atoms with Crippen LogP contribution >= 0.6 is 11.3 Å². The van der Waals surface area contributed by atoms with Gasteiger partial charge in [0.2, 0.25) is 5.78 Å². The zero-order valence-electron chi connectivity index (χ0n) is 10.3. The maximum atomic E-state index is 12.1. The molecule has 1 aromatic heterocycles. The second kappa shape index (κ2) is 4.75. The van der Waals surface area contributed by atoms with Crippen molar-refractivity contribution in [3.8, 4) is 6.07 Å². The minimum absolute atomic E-state index is 0.0336. The minimum Gasteiger partial charge on any atom is -0.288 e. The highest BCUT2D eigenvalue weighted by atomic mass is 32.1. The van der Waals surface area contributed by atoms with Gasteiger partial charge in [0, 0.05) is 5.56 Å². The third-order valence-electron chi connectivity index (χ3n) is 2.89. The predicted molar refractivity (Wildman–Crippen MR) is 72.8 cm³/mol. The zero-order valence-corrected chi connectivity index (χ0v) is 11.1. The van der Waals surface area contributed by atoms with E-state index in [9.17, 15) is 4.79 Å². The maximum absolute atomic E-state index is 12.1. The molecule has 0 N–H and O–H groups in total. The fourth-order valence-corrected chi connectivity index (χ4v) is 2.34. The van der Waals surface area contributed by atoms with Gasteiger partial charge in [-0.2, -0.15) is 5.26 Å². The molecule has 0 bridgehead atoms. The van der Waals surface area contributed by atoms with Crippen LogP contribution in [0, 0.1) is 11.3 Å². The summed E-state index contributed by atoms with van der Waals surface area (Å²) in [6.07, 6.45) is 0. The van der Waals surface area contributed by atoms with Crippen molar-refractivity contribution in [1.29, 1.82) is 5.26 Å². The highest BCUT2D eigenvalue weighted by Gasteiger charge is 2.20. The van der Waals surface area contributed by atoms with Crippen molar-refractivity contribution >= 4 is 17.1 Å². The Morgan fingerprint density at radius 2 is 1.89 bits per heavy atom. The minimum atomic E-state index is -0.523. The molecule has 0 saturated carbocycles. The van der Waals surface area contributed by atoms with Crippen molar-refractivity contribution < 1.29 is 4.79 Å². The summed E-state index contributed by atoms with van der Waals surface area (Å²) in [6, 6.07) is 13.2. The Morgan fingerprint density at radius 3 is 2.39 bits per heavy atom. The molecule has 0 saturated heterocycles.